The van der Waals surface area contributed by atoms with Crippen molar-refractivity contribution in [1.29, 1.82) is 0 Å². The van der Waals surface area contributed by atoms with E-state index in [2.05, 4.69) is 0 Å². The normalized spacial score (nSPS) is 15.0. The minimum atomic E-state index is -1.05. The summed E-state index contributed by atoms with van der Waals surface area (Å²) in [4.78, 5) is 38.7. The van der Waals surface area contributed by atoms with E-state index in [-0.39, 0.29) is 23.3 Å². The predicted octanol–water partition coefficient (Wildman–Crippen LogP) is 1.33. The van der Waals surface area contributed by atoms with Crippen molar-refractivity contribution >= 4 is 17.8 Å². The van der Waals surface area contributed by atoms with Crippen LogP contribution in [0.2, 0.25) is 0 Å². The second-order valence-corrected chi connectivity index (χ2v) is 5.66. The number of aromatic carboxylic acids is 1. The molecule has 22 heavy (non-hydrogen) atoms. The van der Waals surface area contributed by atoms with Gasteiger partial charge in [0.15, 0.2) is 0 Å². The first-order valence-corrected chi connectivity index (χ1v) is 7.31. The van der Waals surface area contributed by atoms with Crippen LogP contribution in [0.5, 0.6) is 0 Å². The van der Waals surface area contributed by atoms with Gasteiger partial charge in [-0.3, -0.25) is 9.59 Å². The topological polar surface area (TPSA) is 77.9 Å². The number of carbonyl (C=O) groups is 3. The average molecular weight is 304 g/mol. The molecule has 1 aromatic rings. The third-order valence-electron chi connectivity index (χ3n) is 3.73. The molecule has 0 radical (unpaired) electrons. The average Bonchev–Trinajstić information content (AvgIpc) is 2.53. The minimum Gasteiger partial charge on any atom is -0.478 e. The summed E-state index contributed by atoms with van der Waals surface area (Å²) in [5.41, 5.74) is 0.461. The highest BCUT2D eigenvalue weighted by atomic mass is 16.4. The zero-order chi connectivity index (χ0) is 16.3. The molecule has 1 aromatic carbocycles. The maximum atomic E-state index is 12.4. The molecule has 0 atom stereocenters. The smallest absolute Gasteiger partial charge is 0.335 e. The van der Waals surface area contributed by atoms with Crippen LogP contribution in [0.15, 0.2) is 24.3 Å². The van der Waals surface area contributed by atoms with Crippen LogP contribution in [-0.2, 0) is 4.79 Å². The highest BCUT2D eigenvalue weighted by Gasteiger charge is 2.26. The van der Waals surface area contributed by atoms with Gasteiger partial charge in [-0.1, -0.05) is 19.9 Å². The molecular formula is C16H20N2O4. The predicted molar refractivity (Wildman–Crippen MR) is 80.7 cm³/mol. The first-order valence-electron chi connectivity index (χ1n) is 7.31. The van der Waals surface area contributed by atoms with Crippen LogP contribution in [-0.4, -0.2) is 58.9 Å². The van der Waals surface area contributed by atoms with Crippen LogP contribution in [0, 0.1) is 5.92 Å². The minimum absolute atomic E-state index is 0.0468. The van der Waals surface area contributed by atoms with Gasteiger partial charge in [0.25, 0.3) is 5.91 Å². The summed E-state index contributed by atoms with van der Waals surface area (Å²) < 4.78 is 0. The Morgan fingerprint density at radius 1 is 1.00 bits per heavy atom. The summed E-state index contributed by atoms with van der Waals surface area (Å²) in [6, 6.07) is 6.02. The fourth-order valence-electron chi connectivity index (χ4n) is 2.46. The van der Waals surface area contributed by atoms with Gasteiger partial charge in [-0.05, 0) is 18.2 Å². The van der Waals surface area contributed by atoms with Crippen LogP contribution in [0.4, 0.5) is 0 Å². The molecule has 0 spiro atoms. The van der Waals surface area contributed by atoms with E-state index in [1.54, 1.807) is 21.9 Å². The Bertz CT molecular complexity index is 590. The molecule has 2 rings (SSSR count). The second kappa shape index (κ2) is 6.60. The van der Waals surface area contributed by atoms with Crippen LogP contribution in [0.1, 0.15) is 34.6 Å². The molecular weight excluding hydrogens is 284 g/mol. The largest absolute Gasteiger partial charge is 0.478 e. The number of hydrogen-bond donors (Lipinski definition) is 1. The second-order valence-electron chi connectivity index (χ2n) is 5.66. The zero-order valence-electron chi connectivity index (χ0n) is 12.8. The first-order chi connectivity index (χ1) is 10.4. The Kier molecular flexibility index (Phi) is 4.80. The third-order valence-corrected chi connectivity index (χ3v) is 3.73. The molecule has 2 amide bonds. The van der Waals surface area contributed by atoms with E-state index in [0.717, 1.165) is 0 Å². The van der Waals surface area contributed by atoms with E-state index < -0.39 is 5.97 Å². The fraction of sp³-hybridized carbons (Fsp3) is 0.438. The maximum absolute atomic E-state index is 12.4. The van der Waals surface area contributed by atoms with Crippen molar-refractivity contribution < 1.29 is 19.5 Å². The lowest BCUT2D eigenvalue weighted by atomic mass is 10.1. The van der Waals surface area contributed by atoms with Crippen LogP contribution < -0.4 is 0 Å². The first kappa shape index (κ1) is 16.0. The van der Waals surface area contributed by atoms with E-state index in [1.165, 1.54) is 12.1 Å². The Morgan fingerprint density at radius 3 is 2.09 bits per heavy atom. The maximum Gasteiger partial charge on any atom is 0.335 e. The monoisotopic (exact) mass is 304 g/mol. The molecule has 0 aromatic heterocycles. The van der Waals surface area contributed by atoms with Crippen LogP contribution >= 0.6 is 0 Å². The number of hydrogen-bond acceptors (Lipinski definition) is 3. The van der Waals surface area contributed by atoms with Crippen molar-refractivity contribution in [3.8, 4) is 0 Å². The highest BCUT2D eigenvalue weighted by Crippen LogP contribution is 2.12. The van der Waals surface area contributed by atoms with Gasteiger partial charge in [0, 0.05) is 37.7 Å². The van der Waals surface area contributed by atoms with Crippen molar-refractivity contribution in [2.45, 2.75) is 13.8 Å². The number of amides is 2. The summed E-state index contributed by atoms with van der Waals surface area (Å²) in [5.74, 6) is -1.20. The van der Waals surface area contributed by atoms with Crippen molar-refractivity contribution in [1.82, 2.24) is 9.80 Å². The van der Waals surface area contributed by atoms with Gasteiger partial charge in [0.05, 0.1) is 5.56 Å². The molecule has 1 heterocycles. The fourth-order valence-corrected chi connectivity index (χ4v) is 2.46. The van der Waals surface area contributed by atoms with E-state index in [1.807, 2.05) is 13.8 Å². The van der Waals surface area contributed by atoms with E-state index in [9.17, 15) is 14.4 Å². The molecule has 6 nitrogen and oxygen atoms in total. The number of benzene rings is 1. The summed E-state index contributed by atoms with van der Waals surface area (Å²) in [7, 11) is 0. The van der Waals surface area contributed by atoms with E-state index in [4.69, 9.17) is 5.11 Å². The molecule has 1 aliphatic heterocycles. The summed E-state index contributed by atoms with van der Waals surface area (Å²) >= 11 is 0. The van der Waals surface area contributed by atoms with E-state index in [0.29, 0.717) is 31.7 Å². The molecule has 0 unspecified atom stereocenters. The Balaban J connectivity index is 2.02. The van der Waals surface area contributed by atoms with Crippen molar-refractivity contribution in [2.75, 3.05) is 26.2 Å². The van der Waals surface area contributed by atoms with Crippen molar-refractivity contribution in [2.24, 2.45) is 5.92 Å². The number of carbonyl (C=O) groups excluding carboxylic acids is 2. The Morgan fingerprint density at radius 2 is 1.55 bits per heavy atom. The zero-order valence-corrected chi connectivity index (χ0v) is 12.8. The Hall–Kier alpha value is -2.37. The van der Waals surface area contributed by atoms with Gasteiger partial charge in [0.2, 0.25) is 5.91 Å². The number of piperazine rings is 1. The standard InChI is InChI=1S/C16H20N2O4/c1-11(2)14(19)17-6-8-18(9-7-17)15(20)12-4-3-5-13(10-12)16(21)22/h3-5,10-11H,6-9H2,1-2H3,(H,21,22). The molecule has 0 bridgehead atoms. The van der Waals surface area contributed by atoms with Gasteiger partial charge in [-0.15, -0.1) is 0 Å². The number of nitrogens with zero attached hydrogens (tertiary/aromatic N) is 2. The van der Waals surface area contributed by atoms with E-state index >= 15 is 0 Å². The highest BCUT2D eigenvalue weighted by molar-refractivity contribution is 5.97. The number of carboxylic acids is 1. The van der Waals surface area contributed by atoms with Crippen LogP contribution in [0.25, 0.3) is 0 Å². The van der Waals surface area contributed by atoms with Crippen LogP contribution in [0.3, 0.4) is 0 Å². The molecule has 1 N–H and O–H groups in total. The molecule has 6 heteroatoms. The quantitative estimate of drug-likeness (QED) is 0.913. The van der Waals surface area contributed by atoms with Crippen molar-refractivity contribution in [3.63, 3.8) is 0 Å². The number of carboxylic acid groups (broad SMARTS) is 1. The third kappa shape index (κ3) is 3.44. The molecule has 0 aliphatic carbocycles. The molecule has 1 fully saturated rings. The summed E-state index contributed by atoms with van der Waals surface area (Å²) in [6.45, 7) is 5.68. The van der Waals surface area contributed by atoms with Gasteiger partial charge in [-0.25, -0.2) is 4.79 Å². The van der Waals surface area contributed by atoms with Gasteiger partial charge < -0.3 is 14.9 Å². The number of rotatable bonds is 3. The van der Waals surface area contributed by atoms with Gasteiger partial charge in [-0.2, -0.15) is 0 Å². The lowest BCUT2D eigenvalue weighted by Crippen LogP contribution is -2.51. The summed E-state index contributed by atoms with van der Waals surface area (Å²) in [5, 5.41) is 8.98. The SMILES string of the molecule is CC(C)C(=O)N1CCN(C(=O)c2cccc(C(=O)O)c2)CC1. The molecule has 1 aliphatic rings. The lowest BCUT2D eigenvalue weighted by Gasteiger charge is -2.35. The summed E-state index contributed by atoms with van der Waals surface area (Å²) in [6.07, 6.45) is 0. The van der Waals surface area contributed by atoms with Gasteiger partial charge in [0.1, 0.15) is 0 Å². The van der Waals surface area contributed by atoms with Gasteiger partial charge >= 0.3 is 5.97 Å². The van der Waals surface area contributed by atoms with Crippen molar-refractivity contribution in [3.05, 3.63) is 35.4 Å². The Labute approximate surface area is 129 Å². The molecule has 1 saturated heterocycles. The lowest BCUT2D eigenvalue weighted by molar-refractivity contribution is -0.135. The molecule has 0 saturated carbocycles. The molecule has 118 valence electrons.